The molecule has 0 spiro atoms. The highest BCUT2D eigenvalue weighted by Gasteiger charge is 2.33. The summed E-state index contributed by atoms with van der Waals surface area (Å²) in [5.41, 5.74) is 7.26. The standard InChI is InChI=1S/C15H19N3O3/c1-9-8-11(17-10(2)19)5-6-12(9)15(21)18-7-3-4-13(18)14(16)20/h5-6,8,13H,3-4,7H2,1-2H3,(H2,16,20)(H,17,19). The van der Waals surface area contributed by atoms with E-state index in [2.05, 4.69) is 5.32 Å². The molecular weight excluding hydrogens is 270 g/mol. The molecule has 1 aliphatic heterocycles. The average molecular weight is 289 g/mol. The zero-order valence-corrected chi connectivity index (χ0v) is 12.2. The monoisotopic (exact) mass is 289 g/mol. The number of primary amides is 1. The van der Waals surface area contributed by atoms with Gasteiger partial charge in [0.05, 0.1) is 0 Å². The lowest BCUT2D eigenvalue weighted by atomic mass is 10.1. The number of nitrogens with two attached hydrogens (primary N) is 1. The molecule has 6 nitrogen and oxygen atoms in total. The van der Waals surface area contributed by atoms with E-state index in [1.807, 2.05) is 0 Å². The first-order valence-electron chi connectivity index (χ1n) is 6.88. The minimum atomic E-state index is -0.521. The van der Waals surface area contributed by atoms with Crippen LogP contribution in [0.25, 0.3) is 0 Å². The Kier molecular flexibility index (Phi) is 4.26. The van der Waals surface area contributed by atoms with Crippen molar-refractivity contribution in [2.75, 3.05) is 11.9 Å². The fourth-order valence-corrected chi connectivity index (χ4v) is 2.64. The second-order valence-corrected chi connectivity index (χ2v) is 5.27. The topological polar surface area (TPSA) is 92.5 Å². The molecule has 1 heterocycles. The minimum Gasteiger partial charge on any atom is -0.368 e. The van der Waals surface area contributed by atoms with Crippen LogP contribution in [0.2, 0.25) is 0 Å². The molecule has 1 unspecified atom stereocenters. The summed E-state index contributed by atoms with van der Waals surface area (Å²) in [6, 6.07) is 4.56. The molecule has 0 bridgehead atoms. The van der Waals surface area contributed by atoms with Crippen LogP contribution >= 0.6 is 0 Å². The number of carbonyl (C=O) groups excluding carboxylic acids is 3. The Bertz CT molecular complexity index is 598. The van der Waals surface area contributed by atoms with Crippen molar-refractivity contribution >= 4 is 23.4 Å². The number of hydrogen-bond acceptors (Lipinski definition) is 3. The van der Waals surface area contributed by atoms with Crippen LogP contribution < -0.4 is 11.1 Å². The van der Waals surface area contributed by atoms with E-state index >= 15 is 0 Å². The fourth-order valence-electron chi connectivity index (χ4n) is 2.64. The van der Waals surface area contributed by atoms with Crippen LogP contribution in [0.5, 0.6) is 0 Å². The van der Waals surface area contributed by atoms with Crippen molar-refractivity contribution in [2.45, 2.75) is 32.7 Å². The van der Waals surface area contributed by atoms with Crippen molar-refractivity contribution in [1.82, 2.24) is 4.90 Å². The quantitative estimate of drug-likeness (QED) is 0.871. The molecule has 1 atom stereocenters. The summed E-state index contributed by atoms with van der Waals surface area (Å²) in [4.78, 5) is 36.5. The maximum absolute atomic E-state index is 12.5. The lowest BCUT2D eigenvalue weighted by Gasteiger charge is -2.23. The van der Waals surface area contributed by atoms with Gasteiger partial charge in [-0.1, -0.05) is 0 Å². The van der Waals surface area contributed by atoms with E-state index < -0.39 is 11.9 Å². The van der Waals surface area contributed by atoms with E-state index in [1.165, 1.54) is 11.8 Å². The van der Waals surface area contributed by atoms with Crippen LogP contribution in [0.4, 0.5) is 5.69 Å². The minimum absolute atomic E-state index is 0.165. The third kappa shape index (κ3) is 3.21. The summed E-state index contributed by atoms with van der Waals surface area (Å²) in [5.74, 6) is -0.821. The van der Waals surface area contributed by atoms with Crippen molar-refractivity contribution in [3.63, 3.8) is 0 Å². The Hall–Kier alpha value is -2.37. The van der Waals surface area contributed by atoms with Gasteiger partial charge in [-0.2, -0.15) is 0 Å². The SMILES string of the molecule is CC(=O)Nc1ccc(C(=O)N2CCCC2C(N)=O)c(C)c1. The molecule has 2 rings (SSSR count). The van der Waals surface area contributed by atoms with E-state index in [4.69, 9.17) is 5.73 Å². The largest absolute Gasteiger partial charge is 0.368 e. The van der Waals surface area contributed by atoms with Gasteiger partial charge >= 0.3 is 0 Å². The number of benzene rings is 1. The van der Waals surface area contributed by atoms with Crippen LogP contribution in [0, 0.1) is 6.92 Å². The Morgan fingerprint density at radius 1 is 1.33 bits per heavy atom. The van der Waals surface area contributed by atoms with Crippen LogP contribution in [-0.2, 0) is 9.59 Å². The first-order valence-corrected chi connectivity index (χ1v) is 6.88. The molecular formula is C15H19N3O3. The number of amides is 3. The number of aryl methyl sites for hydroxylation is 1. The van der Waals surface area contributed by atoms with Gasteiger partial charge in [-0.3, -0.25) is 14.4 Å². The summed E-state index contributed by atoms with van der Waals surface area (Å²) < 4.78 is 0. The molecule has 6 heteroatoms. The molecule has 1 fully saturated rings. The molecule has 112 valence electrons. The fraction of sp³-hybridized carbons (Fsp3) is 0.400. The molecule has 0 aromatic heterocycles. The number of carbonyl (C=O) groups is 3. The maximum atomic E-state index is 12.5. The van der Waals surface area contributed by atoms with Gasteiger partial charge in [0.2, 0.25) is 11.8 Å². The molecule has 3 amide bonds. The third-order valence-corrected chi connectivity index (χ3v) is 3.62. The maximum Gasteiger partial charge on any atom is 0.254 e. The molecule has 0 aliphatic carbocycles. The van der Waals surface area contributed by atoms with Crippen molar-refractivity contribution < 1.29 is 14.4 Å². The van der Waals surface area contributed by atoms with Crippen molar-refractivity contribution in [3.8, 4) is 0 Å². The molecule has 3 N–H and O–H groups in total. The summed E-state index contributed by atoms with van der Waals surface area (Å²) in [7, 11) is 0. The van der Waals surface area contributed by atoms with Gasteiger partial charge in [0.15, 0.2) is 0 Å². The van der Waals surface area contributed by atoms with E-state index in [9.17, 15) is 14.4 Å². The van der Waals surface area contributed by atoms with Gasteiger partial charge in [0.25, 0.3) is 5.91 Å². The Morgan fingerprint density at radius 2 is 2.05 bits per heavy atom. The predicted molar refractivity (Wildman–Crippen MR) is 78.7 cm³/mol. The lowest BCUT2D eigenvalue weighted by Crippen LogP contribution is -2.43. The number of hydrogen-bond donors (Lipinski definition) is 2. The van der Waals surface area contributed by atoms with Crippen molar-refractivity contribution in [2.24, 2.45) is 5.73 Å². The highest BCUT2D eigenvalue weighted by Crippen LogP contribution is 2.23. The van der Waals surface area contributed by atoms with E-state index in [-0.39, 0.29) is 11.8 Å². The molecule has 1 aromatic carbocycles. The first-order chi connectivity index (χ1) is 9.90. The molecule has 0 saturated carbocycles. The molecule has 1 aromatic rings. The summed E-state index contributed by atoms with van der Waals surface area (Å²) in [5, 5.41) is 2.67. The number of anilines is 1. The lowest BCUT2D eigenvalue weighted by molar-refractivity contribution is -0.121. The summed E-state index contributed by atoms with van der Waals surface area (Å²) in [6.45, 7) is 3.77. The molecule has 21 heavy (non-hydrogen) atoms. The van der Waals surface area contributed by atoms with Gasteiger partial charge < -0.3 is 16.0 Å². The van der Waals surface area contributed by atoms with Crippen LogP contribution in [0.1, 0.15) is 35.7 Å². The van der Waals surface area contributed by atoms with Crippen molar-refractivity contribution in [1.29, 1.82) is 0 Å². The number of nitrogens with zero attached hydrogens (tertiary/aromatic N) is 1. The summed E-state index contributed by atoms with van der Waals surface area (Å²) >= 11 is 0. The molecule has 1 aliphatic rings. The highest BCUT2D eigenvalue weighted by molar-refractivity contribution is 5.99. The zero-order chi connectivity index (χ0) is 15.6. The van der Waals surface area contributed by atoms with Gasteiger partial charge in [-0.05, 0) is 43.5 Å². The first kappa shape index (κ1) is 15.0. The van der Waals surface area contributed by atoms with Gasteiger partial charge in [-0.15, -0.1) is 0 Å². The second-order valence-electron chi connectivity index (χ2n) is 5.27. The molecule has 1 saturated heterocycles. The van der Waals surface area contributed by atoms with E-state index in [1.54, 1.807) is 25.1 Å². The Labute approximate surface area is 123 Å². The summed E-state index contributed by atoms with van der Waals surface area (Å²) in [6.07, 6.45) is 1.40. The smallest absolute Gasteiger partial charge is 0.254 e. The van der Waals surface area contributed by atoms with Crippen LogP contribution in [0.3, 0.4) is 0 Å². The van der Waals surface area contributed by atoms with Gasteiger partial charge in [-0.25, -0.2) is 0 Å². The Morgan fingerprint density at radius 3 is 2.62 bits per heavy atom. The van der Waals surface area contributed by atoms with Crippen molar-refractivity contribution in [3.05, 3.63) is 29.3 Å². The van der Waals surface area contributed by atoms with Gasteiger partial charge in [0, 0.05) is 24.7 Å². The van der Waals surface area contributed by atoms with Crippen LogP contribution in [-0.4, -0.2) is 35.2 Å². The van der Waals surface area contributed by atoms with Gasteiger partial charge in [0.1, 0.15) is 6.04 Å². The third-order valence-electron chi connectivity index (χ3n) is 3.62. The zero-order valence-electron chi connectivity index (χ0n) is 12.2. The average Bonchev–Trinajstić information content (AvgIpc) is 2.86. The normalized spacial score (nSPS) is 17.6. The Balaban J connectivity index is 2.23. The second kappa shape index (κ2) is 5.95. The van der Waals surface area contributed by atoms with Crippen LogP contribution in [0.15, 0.2) is 18.2 Å². The highest BCUT2D eigenvalue weighted by atomic mass is 16.2. The predicted octanol–water partition coefficient (Wildman–Crippen LogP) is 1.04. The van der Waals surface area contributed by atoms with E-state index in [0.717, 1.165) is 12.0 Å². The number of likely N-dealkylation sites (tertiary alicyclic amines) is 1. The molecule has 0 radical (unpaired) electrons. The number of nitrogens with one attached hydrogen (secondary N) is 1. The van der Waals surface area contributed by atoms with E-state index in [0.29, 0.717) is 24.2 Å². The number of rotatable bonds is 3.